The van der Waals surface area contributed by atoms with E-state index in [0.717, 1.165) is 25.7 Å². The summed E-state index contributed by atoms with van der Waals surface area (Å²) in [4.78, 5) is 15.3. The van der Waals surface area contributed by atoms with Crippen molar-refractivity contribution in [1.29, 1.82) is 0 Å². The monoisotopic (exact) mass is 481 g/mol. The maximum atomic E-state index is 13.3. The third-order valence-corrected chi connectivity index (χ3v) is 7.14. The quantitative estimate of drug-likeness (QED) is 0.506. The molecule has 2 aromatic rings. The van der Waals surface area contributed by atoms with Gasteiger partial charge in [-0.2, -0.15) is 0 Å². The summed E-state index contributed by atoms with van der Waals surface area (Å²) in [6, 6.07) is 13.9. The molecule has 0 N–H and O–H groups in total. The van der Waals surface area contributed by atoms with Crippen molar-refractivity contribution < 1.29 is 23.7 Å². The van der Waals surface area contributed by atoms with Crippen LogP contribution >= 0.6 is 0 Å². The van der Waals surface area contributed by atoms with Crippen LogP contribution in [0.5, 0.6) is 11.5 Å². The average molecular weight is 482 g/mol. The van der Waals surface area contributed by atoms with Gasteiger partial charge in [-0.1, -0.05) is 24.3 Å². The number of methoxy groups -OCH3 is 1. The van der Waals surface area contributed by atoms with Gasteiger partial charge < -0.3 is 23.8 Å². The molecule has 35 heavy (non-hydrogen) atoms. The highest BCUT2D eigenvalue weighted by Crippen LogP contribution is 2.44. The molecule has 0 radical (unpaired) electrons. The van der Waals surface area contributed by atoms with E-state index in [0.29, 0.717) is 36.8 Å². The van der Waals surface area contributed by atoms with Crippen molar-refractivity contribution in [3.8, 4) is 11.5 Å². The maximum absolute atomic E-state index is 13.3. The van der Waals surface area contributed by atoms with Crippen LogP contribution in [0.2, 0.25) is 0 Å². The van der Waals surface area contributed by atoms with Crippen molar-refractivity contribution in [2.75, 3.05) is 26.8 Å². The lowest BCUT2D eigenvalue weighted by Crippen LogP contribution is -2.52. The van der Waals surface area contributed by atoms with Gasteiger partial charge in [0.05, 0.1) is 31.0 Å². The summed E-state index contributed by atoms with van der Waals surface area (Å²) < 4.78 is 24.2. The Bertz CT molecular complexity index is 1010. The zero-order valence-corrected chi connectivity index (χ0v) is 21.7. The molecular weight excluding hydrogens is 442 g/mol. The number of rotatable bonds is 7. The minimum Gasteiger partial charge on any atom is -0.493 e. The lowest BCUT2D eigenvalue weighted by Gasteiger charge is -2.49. The van der Waals surface area contributed by atoms with Crippen molar-refractivity contribution in [3.63, 3.8) is 0 Å². The second-order valence-electron chi connectivity index (χ2n) is 9.99. The number of aryl methyl sites for hydroxylation is 1. The minimum atomic E-state index is -0.269. The Balaban J connectivity index is 1.47. The number of carbonyl (C=O) groups excluding carboxylic acids is 1. The van der Waals surface area contributed by atoms with Gasteiger partial charge in [0.1, 0.15) is 0 Å². The summed E-state index contributed by atoms with van der Waals surface area (Å²) >= 11 is 0. The van der Waals surface area contributed by atoms with Gasteiger partial charge in [-0.15, -0.1) is 0 Å². The lowest BCUT2D eigenvalue weighted by molar-refractivity contribution is -0.190. The number of hydrogen-bond donors (Lipinski definition) is 0. The van der Waals surface area contributed by atoms with Crippen LogP contribution in [0, 0.1) is 6.92 Å². The van der Waals surface area contributed by atoms with E-state index < -0.39 is 0 Å². The third-order valence-electron chi connectivity index (χ3n) is 7.14. The molecule has 2 atom stereocenters. The first-order valence-corrected chi connectivity index (χ1v) is 12.8. The molecule has 190 valence electrons. The smallest absolute Gasteiger partial charge is 0.253 e. The predicted octanol–water partition coefficient (Wildman–Crippen LogP) is 5.72. The number of carbonyl (C=O) groups is 1. The number of likely N-dealkylation sites (tertiary alicyclic amines) is 1. The molecule has 2 aromatic carbocycles. The molecule has 4 rings (SSSR count). The minimum absolute atomic E-state index is 0.0153. The molecule has 6 nitrogen and oxygen atoms in total. The summed E-state index contributed by atoms with van der Waals surface area (Å²) in [7, 11) is 1.60. The maximum Gasteiger partial charge on any atom is 0.253 e. The summed E-state index contributed by atoms with van der Waals surface area (Å²) in [5, 5.41) is 0. The van der Waals surface area contributed by atoms with E-state index in [-0.39, 0.29) is 29.8 Å². The van der Waals surface area contributed by atoms with Crippen LogP contribution in [0.15, 0.2) is 42.5 Å². The molecule has 2 heterocycles. The molecule has 0 aliphatic carbocycles. The molecule has 2 aliphatic heterocycles. The van der Waals surface area contributed by atoms with Gasteiger partial charge in [0.15, 0.2) is 11.5 Å². The predicted molar refractivity (Wildman–Crippen MR) is 136 cm³/mol. The van der Waals surface area contributed by atoms with Crippen LogP contribution in [0.3, 0.4) is 0 Å². The Morgan fingerprint density at radius 3 is 2.54 bits per heavy atom. The fourth-order valence-corrected chi connectivity index (χ4v) is 5.41. The molecule has 1 spiro atoms. The molecule has 2 saturated heterocycles. The summed E-state index contributed by atoms with van der Waals surface area (Å²) in [5.74, 6) is 1.24. The first-order valence-electron chi connectivity index (χ1n) is 12.8. The van der Waals surface area contributed by atoms with Crippen molar-refractivity contribution in [1.82, 2.24) is 4.90 Å². The highest BCUT2D eigenvalue weighted by atomic mass is 16.5. The van der Waals surface area contributed by atoms with E-state index in [9.17, 15) is 4.79 Å². The van der Waals surface area contributed by atoms with Crippen molar-refractivity contribution >= 4 is 5.91 Å². The molecular formula is C29H39NO5. The number of piperidine rings is 1. The number of amides is 1. The van der Waals surface area contributed by atoms with Gasteiger partial charge in [-0.25, -0.2) is 0 Å². The van der Waals surface area contributed by atoms with Crippen molar-refractivity contribution in [2.45, 2.75) is 77.3 Å². The van der Waals surface area contributed by atoms with Gasteiger partial charge in [0.2, 0.25) is 0 Å². The van der Waals surface area contributed by atoms with E-state index in [2.05, 4.69) is 38.1 Å². The van der Waals surface area contributed by atoms with Crippen molar-refractivity contribution in [3.05, 3.63) is 59.2 Å². The largest absolute Gasteiger partial charge is 0.493 e. The van der Waals surface area contributed by atoms with Gasteiger partial charge in [0.25, 0.3) is 5.91 Å². The number of benzene rings is 2. The Morgan fingerprint density at radius 2 is 1.89 bits per heavy atom. The molecule has 0 aromatic heterocycles. The zero-order chi connectivity index (χ0) is 25.0. The van der Waals surface area contributed by atoms with E-state index in [1.165, 1.54) is 11.1 Å². The first-order chi connectivity index (χ1) is 16.8. The molecule has 6 heteroatoms. The summed E-state index contributed by atoms with van der Waals surface area (Å²) in [6.45, 7) is 10.1. The SMILES string of the molecule is CCOC1CC(c2ccccc2C)OC2(CCN(C(=O)c3ccc(OC(C)C)c(OC)c3)CC2)C1. The van der Waals surface area contributed by atoms with Crippen molar-refractivity contribution in [2.24, 2.45) is 0 Å². The van der Waals surface area contributed by atoms with E-state index >= 15 is 0 Å². The Morgan fingerprint density at radius 1 is 1.14 bits per heavy atom. The normalized spacial score (nSPS) is 21.8. The molecule has 2 fully saturated rings. The summed E-state index contributed by atoms with van der Waals surface area (Å²) in [6.07, 6.45) is 3.56. The fraction of sp³-hybridized carbons (Fsp3) is 0.552. The Labute approximate surface area is 209 Å². The third kappa shape index (κ3) is 5.81. The standard InChI is InChI=1S/C29H39NO5/c1-6-33-23-18-26(24-10-8-7-9-21(24)4)35-29(19-23)13-15-30(16-14-29)28(31)22-11-12-25(34-20(2)3)27(17-22)32-5/h7-12,17,20,23,26H,6,13-16,18-19H2,1-5H3. The second-order valence-corrected chi connectivity index (χ2v) is 9.99. The number of nitrogens with zero attached hydrogens (tertiary/aromatic N) is 1. The van der Waals surface area contributed by atoms with E-state index in [4.69, 9.17) is 18.9 Å². The van der Waals surface area contributed by atoms with E-state index in [1.54, 1.807) is 13.2 Å². The molecule has 0 bridgehead atoms. The van der Waals surface area contributed by atoms with Crippen LogP contribution in [-0.4, -0.2) is 55.4 Å². The topological polar surface area (TPSA) is 57.2 Å². The van der Waals surface area contributed by atoms with Gasteiger partial charge in [0, 0.05) is 38.1 Å². The van der Waals surface area contributed by atoms with Gasteiger partial charge in [-0.05, 0) is 69.9 Å². The van der Waals surface area contributed by atoms with Crippen LogP contribution in [-0.2, 0) is 9.47 Å². The van der Waals surface area contributed by atoms with Crippen LogP contribution in [0.25, 0.3) is 0 Å². The van der Waals surface area contributed by atoms with E-state index in [1.807, 2.05) is 30.9 Å². The molecule has 0 saturated carbocycles. The highest BCUT2D eigenvalue weighted by molar-refractivity contribution is 5.95. The number of ether oxygens (including phenoxy) is 4. The van der Waals surface area contributed by atoms with Gasteiger partial charge in [-0.3, -0.25) is 4.79 Å². The zero-order valence-electron chi connectivity index (χ0n) is 21.7. The Hall–Kier alpha value is -2.57. The van der Waals surface area contributed by atoms with Crippen LogP contribution in [0.1, 0.15) is 74.0 Å². The average Bonchev–Trinajstić information content (AvgIpc) is 2.84. The van der Waals surface area contributed by atoms with Crippen LogP contribution in [0.4, 0.5) is 0 Å². The van der Waals surface area contributed by atoms with Gasteiger partial charge >= 0.3 is 0 Å². The molecule has 2 unspecified atom stereocenters. The lowest BCUT2D eigenvalue weighted by atomic mass is 9.80. The first kappa shape index (κ1) is 25.5. The summed E-state index contributed by atoms with van der Waals surface area (Å²) in [5.41, 5.74) is 2.83. The Kier molecular flexibility index (Phi) is 8.02. The highest BCUT2D eigenvalue weighted by Gasteiger charge is 2.45. The van der Waals surface area contributed by atoms with Crippen LogP contribution < -0.4 is 9.47 Å². The molecule has 2 aliphatic rings. The fourth-order valence-electron chi connectivity index (χ4n) is 5.41. The number of hydrogen-bond acceptors (Lipinski definition) is 5. The molecule has 1 amide bonds. The second kappa shape index (κ2) is 11.0.